The summed E-state index contributed by atoms with van der Waals surface area (Å²) >= 11 is 0. The molecule has 3 aliphatic rings. The molecule has 0 bridgehead atoms. The van der Waals surface area contributed by atoms with Crippen LogP contribution in [0.3, 0.4) is 0 Å². The Morgan fingerprint density at radius 2 is 1.96 bits per heavy atom. The average molecular weight is 618 g/mol. The van der Waals surface area contributed by atoms with Gasteiger partial charge < -0.3 is 25.6 Å². The number of amides is 2. The first-order valence-corrected chi connectivity index (χ1v) is 15.0. The van der Waals surface area contributed by atoms with Gasteiger partial charge in [-0.25, -0.2) is 18.4 Å². The fourth-order valence-electron chi connectivity index (χ4n) is 6.19. The number of primary amides is 1. The number of aromatic nitrogens is 3. The molecule has 234 valence electrons. The maximum Gasteiger partial charge on any atom is 0.251 e. The molecule has 0 saturated heterocycles. The Kier molecular flexibility index (Phi) is 6.63. The van der Waals surface area contributed by atoms with Crippen LogP contribution < -0.4 is 20.5 Å². The van der Waals surface area contributed by atoms with Gasteiger partial charge >= 0.3 is 0 Å². The Morgan fingerprint density at radius 3 is 2.58 bits per heavy atom. The van der Waals surface area contributed by atoms with Crippen molar-refractivity contribution >= 4 is 22.7 Å². The summed E-state index contributed by atoms with van der Waals surface area (Å²) in [7, 11) is 1.45. The highest BCUT2D eigenvalue weighted by atomic mass is 19.1. The minimum atomic E-state index is -1.62. The summed E-state index contributed by atoms with van der Waals surface area (Å²) in [5, 5.41) is 20.1. The number of hydrogen-bond acceptors (Lipinski definition) is 7. The molecule has 12 heteroatoms. The number of nitrogens with one attached hydrogen (secondary N) is 1. The molecule has 1 aliphatic heterocycles. The second kappa shape index (κ2) is 10.2. The van der Waals surface area contributed by atoms with E-state index in [4.69, 9.17) is 20.2 Å². The van der Waals surface area contributed by atoms with E-state index in [9.17, 15) is 23.5 Å². The molecule has 4 aromatic rings. The first-order chi connectivity index (χ1) is 21.4. The number of ether oxygens (including phenoxy) is 2. The molecule has 7 rings (SSSR count). The summed E-state index contributed by atoms with van der Waals surface area (Å²) in [5.41, 5.74) is 5.29. The highest BCUT2D eigenvalue weighted by Gasteiger charge is 2.49. The number of nitrogens with two attached hydrogens (primary N) is 1. The molecule has 0 spiro atoms. The average Bonchev–Trinajstić information content (AvgIpc) is 3.43. The molecule has 45 heavy (non-hydrogen) atoms. The first-order valence-electron chi connectivity index (χ1n) is 15.0. The summed E-state index contributed by atoms with van der Waals surface area (Å²) in [6.07, 6.45) is 4.61. The molecular formula is C33H33F2N5O5. The van der Waals surface area contributed by atoms with Crippen molar-refractivity contribution in [2.24, 2.45) is 11.7 Å². The number of hydrogen-bond donors (Lipinski definition) is 3. The third kappa shape index (κ3) is 4.70. The molecule has 0 radical (unpaired) electrons. The van der Waals surface area contributed by atoms with Crippen molar-refractivity contribution in [2.75, 3.05) is 20.3 Å². The van der Waals surface area contributed by atoms with Gasteiger partial charge in [-0.1, -0.05) is 6.42 Å². The number of nitrogens with zero attached hydrogens (tertiary/aromatic N) is 3. The number of carbonyl (C=O) groups is 2. The van der Waals surface area contributed by atoms with E-state index in [2.05, 4.69) is 10.4 Å². The molecule has 2 aromatic carbocycles. The zero-order chi connectivity index (χ0) is 31.7. The van der Waals surface area contributed by atoms with E-state index in [-0.39, 0.29) is 30.3 Å². The summed E-state index contributed by atoms with van der Waals surface area (Å²) in [6, 6.07) is 10.5. The van der Waals surface area contributed by atoms with E-state index in [0.717, 1.165) is 6.42 Å². The number of aliphatic hydroxyl groups is 1. The summed E-state index contributed by atoms with van der Waals surface area (Å²) in [4.78, 5) is 31.0. The minimum Gasteiger partial charge on any atom is -0.494 e. The zero-order valence-corrected chi connectivity index (χ0v) is 24.9. The van der Waals surface area contributed by atoms with E-state index in [1.165, 1.54) is 30.0 Å². The lowest BCUT2D eigenvalue weighted by Gasteiger charge is -2.41. The van der Waals surface area contributed by atoms with Gasteiger partial charge in [-0.15, -0.1) is 0 Å². The maximum absolute atomic E-state index is 14.7. The van der Waals surface area contributed by atoms with Crippen LogP contribution in [0, 0.1) is 11.7 Å². The Hall–Kier alpha value is -4.58. The number of halogens is 2. The lowest BCUT2D eigenvalue weighted by molar-refractivity contribution is -0.123. The number of alkyl halides is 1. The van der Waals surface area contributed by atoms with Crippen LogP contribution in [0.15, 0.2) is 48.7 Å². The predicted molar refractivity (Wildman–Crippen MR) is 160 cm³/mol. The first kappa shape index (κ1) is 29.1. The molecule has 3 heterocycles. The van der Waals surface area contributed by atoms with Crippen LogP contribution in [0.25, 0.3) is 22.2 Å². The largest absolute Gasteiger partial charge is 0.494 e. The Bertz CT molecular complexity index is 1850. The normalized spacial score (nSPS) is 21.4. The van der Waals surface area contributed by atoms with Gasteiger partial charge in [0, 0.05) is 41.1 Å². The molecule has 2 aromatic heterocycles. The molecule has 4 N–H and O–H groups in total. The van der Waals surface area contributed by atoms with Crippen LogP contribution in [0.5, 0.6) is 11.5 Å². The molecule has 10 nitrogen and oxygen atoms in total. The number of carbonyl (C=O) groups excluding carboxylic acids is 2. The van der Waals surface area contributed by atoms with Crippen LogP contribution in [0.1, 0.15) is 60.6 Å². The van der Waals surface area contributed by atoms with Crippen molar-refractivity contribution in [2.45, 2.75) is 55.8 Å². The summed E-state index contributed by atoms with van der Waals surface area (Å²) in [6.45, 7) is 1.47. The molecule has 2 amide bonds. The lowest BCUT2D eigenvalue weighted by atomic mass is 9.70. The standard InChI is InChI=1S/C33H33F2N5O5/c1-31(30(36)42)17-45-28-23(31)14-25(38-27(28)18-6-8-22(34)9-7-18)33(43,21-4-3-5-21)16-37-29(41)19-12-20-15-40(32(35)10-11-32)39-26(20)24(13-19)44-2/h6-9,12-15,21,43H,3-5,10-11,16-17H2,1-2H3,(H2,36,42)(H,37,41)/t31-,33+/m0/s1. The Morgan fingerprint density at radius 1 is 1.22 bits per heavy atom. The van der Waals surface area contributed by atoms with Crippen LogP contribution >= 0.6 is 0 Å². The van der Waals surface area contributed by atoms with Gasteiger partial charge in [-0.2, -0.15) is 5.10 Å². The molecule has 2 saturated carbocycles. The van der Waals surface area contributed by atoms with Crippen LogP contribution in [-0.2, 0) is 21.6 Å². The Balaban J connectivity index is 1.26. The number of pyridine rings is 1. The van der Waals surface area contributed by atoms with Crippen molar-refractivity contribution in [1.29, 1.82) is 0 Å². The third-order valence-electron chi connectivity index (χ3n) is 9.61. The van der Waals surface area contributed by atoms with Crippen molar-refractivity contribution in [3.63, 3.8) is 0 Å². The van der Waals surface area contributed by atoms with E-state index in [0.29, 0.717) is 64.9 Å². The summed E-state index contributed by atoms with van der Waals surface area (Å²) < 4.78 is 41.2. The quantitative estimate of drug-likeness (QED) is 0.255. The summed E-state index contributed by atoms with van der Waals surface area (Å²) in [5.74, 6) is -2.59. The maximum atomic E-state index is 14.7. The van der Waals surface area contributed by atoms with Crippen molar-refractivity contribution < 1.29 is 33.0 Å². The van der Waals surface area contributed by atoms with Crippen LogP contribution in [-0.4, -0.2) is 51.9 Å². The molecular weight excluding hydrogens is 584 g/mol. The second-order valence-corrected chi connectivity index (χ2v) is 12.6. The fourth-order valence-corrected chi connectivity index (χ4v) is 6.19. The van der Waals surface area contributed by atoms with E-state index >= 15 is 0 Å². The van der Waals surface area contributed by atoms with Crippen molar-refractivity contribution in [3.8, 4) is 22.8 Å². The minimum absolute atomic E-state index is 0.0139. The monoisotopic (exact) mass is 617 g/mol. The molecule has 2 aliphatic carbocycles. The lowest BCUT2D eigenvalue weighted by Crippen LogP contribution is -2.49. The smallest absolute Gasteiger partial charge is 0.251 e. The number of rotatable bonds is 9. The van der Waals surface area contributed by atoms with Gasteiger partial charge in [0.2, 0.25) is 11.7 Å². The molecule has 0 unspecified atom stereocenters. The highest BCUT2D eigenvalue weighted by Crippen LogP contribution is 2.49. The number of methoxy groups -OCH3 is 1. The van der Waals surface area contributed by atoms with E-state index in [1.807, 2.05) is 0 Å². The predicted octanol–water partition coefficient (Wildman–Crippen LogP) is 4.22. The van der Waals surface area contributed by atoms with Gasteiger partial charge in [0.05, 0.1) is 19.3 Å². The van der Waals surface area contributed by atoms with Gasteiger partial charge in [-0.3, -0.25) is 9.59 Å². The van der Waals surface area contributed by atoms with Gasteiger partial charge in [0.1, 0.15) is 46.1 Å². The Labute approximate surface area is 257 Å². The highest BCUT2D eigenvalue weighted by molar-refractivity contribution is 6.00. The van der Waals surface area contributed by atoms with Crippen LogP contribution in [0.2, 0.25) is 0 Å². The zero-order valence-electron chi connectivity index (χ0n) is 24.9. The van der Waals surface area contributed by atoms with Gasteiger partial charge in [0.25, 0.3) is 5.91 Å². The van der Waals surface area contributed by atoms with Crippen molar-refractivity contribution in [1.82, 2.24) is 20.1 Å². The van der Waals surface area contributed by atoms with Crippen LogP contribution in [0.4, 0.5) is 8.78 Å². The second-order valence-electron chi connectivity index (χ2n) is 12.6. The molecule has 2 fully saturated rings. The van der Waals surface area contributed by atoms with Crippen molar-refractivity contribution in [3.05, 3.63) is 71.3 Å². The fraction of sp³-hybridized carbons (Fsp3) is 0.394. The van der Waals surface area contributed by atoms with Gasteiger partial charge in [0.15, 0.2) is 0 Å². The van der Waals surface area contributed by atoms with E-state index in [1.54, 1.807) is 37.4 Å². The third-order valence-corrected chi connectivity index (χ3v) is 9.61. The molecule has 2 atom stereocenters. The number of benzene rings is 2. The SMILES string of the molecule is COc1cc(C(=O)NC[C@](O)(c2cc3c(c(-c4ccc(F)cc4)n2)OC[C@]3(C)C(N)=O)C2CCC2)cc2cn(C3(F)CC3)nc12. The topological polar surface area (TPSA) is 142 Å². The van der Waals surface area contributed by atoms with E-state index < -0.39 is 34.4 Å². The van der Waals surface area contributed by atoms with Gasteiger partial charge in [-0.05, 0) is 68.1 Å². The number of fused-ring (bicyclic) bond motifs is 2.